The number of phenolic OH excluding ortho intramolecular Hbond substituents is 1. The van der Waals surface area contributed by atoms with Gasteiger partial charge in [-0.15, -0.1) is 0 Å². The second kappa shape index (κ2) is 8.43. The molecular formula is C21H18Br2N2O2S. The van der Waals surface area contributed by atoms with Crippen LogP contribution in [0.5, 0.6) is 5.75 Å². The number of benzene rings is 2. The third-order valence-electron chi connectivity index (χ3n) is 4.84. The topological polar surface area (TPSA) is 52.9 Å². The molecule has 0 radical (unpaired) electrons. The van der Waals surface area contributed by atoms with Gasteiger partial charge in [-0.3, -0.25) is 9.69 Å². The Bertz CT molecular complexity index is 947. The average molecular weight is 522 g/mol. The molecule has 1 aliphatic heterocycles. The summed E-state index contributed by atoms with van der Waals surface area (Å²) in [4.78, 5) is 20.5. The number of hydrogen-bond donors (Lipinski definition) is 1. The average Bonchev–Trinajstić information content (AvgIpc) is 3.29. The number of aliphatic imine (C=N–C) groups is 1. The molecule has 4 rings (SSSR count). The van der Waals surface area contributed by atoms with Gasteiger partial charge in [0.25, 0.3) is 5.91 Å². The lowest BCUT2D eigenvalue weighted by atomic mass is 10.2. The molecule has 1 amide bonds. The van der Waals surface area contributed by atoms with Crippen LogP contribution in [0.1, 0.15) is 31.2 Å². The van der Waals surface area contributed by atoms with Crippen LogP contribution in [-0.2, 0) is 4.79 Å². The first-order valence-corrected chi connectivity index (χ1v) is 11.5. The summed E-state index contributed by atoms with van der Waals surface area (Å²) in [6.07, 6.45) is 6.19. The van der Waals surface area contributed by atoms with Crippen molar-refractivity contribution in [1.82, 2.24) is 4.90 Å². The van der Waals surface area contributed by atoms with E-state index in [0.29, 0.717) is 13.9 Å². The van der Waals surface area contributed by atoms with E-state index in [9.17, 15) is 9.90 Å². The van der Waals surface area contributed by atoms with Crippen molar-refractivity contribution in [1.29, 1.82) is 0 Å². The lowest BCUT2D eigenvalue weighted by molar-refractivity contribution is -0.123. The second-order valence-corrected chi connectivity index (χ2v) is 9.50. The number of thioether (sulfide) groups is 1. The zero-order valence-electron chi connectivity index (χ0n) is 14.9. The molecule has 1 N–H and O–H groups in total. The van der Waals surface area contributed by atoms with E-state index in [-0.39, 0.29) is 17.7 Å². The van der Waals surface area contributed by atoms with Crippen LogP contribution in [0.25, 0.3) is 6.08 Å². The molecule has 0 unspecified atom stereocenters. The Morgan fingerprint density at radius 2 is 1.75 bits per heavy atom. The summed E-state index contributed by atoms with van der Waals surface area (Å²) in [6.45, 7) is 0. The molecule has 1 saturated heterocycles. The molecule has 1 saturated carbocycles. The van der Waals surface area contributed by atoms with Gasteiger partial charge in [-0.2, -0.15) is 0 Å². The van der Waals surface area contributed by atoms with E-state index in [1.165, 1.54) is 11.8 Å². The number of hydrogen-bond acceptors (Lipinski definition) is 4. The van der Waals surface area contributed by atoms with Crippen LogP contribution in [0.2, 0.25) is 0 Å². The van der Waals surface area contributed by atoms with Gasteiger partial charge in [0, 0.05) is 6.04 Å². The van der Waals surface area contributed by atoms with Crippen LogP contribution in [0.3, 0.4) is 0 Å². The van der Waals surface area contributed by atoms with Crippen LogP contribution in [0.15, 0.2) is 61.3 Å². The summed E-state index contributed by atoms with van der Waals surface area (Å²) in [6, 6.07) is 13.6. The van der Waals surface area contributed by atoms with Gasteiger partial charge in [-0.1, -0.05) is 31.0 Å². The van der Waals surface area contributed by atoms with Gasteiger partial charge in [-0.05, 0) is 92.4 Å². The van der Waals surface area contributed by atoms with Crippen molar-refractivity contribution in [3.8, 4) is 5.75 Å². The summed E-state index contributed by atoms with van der Waals surface area (Å²) in [5.41, 5.74) is 1.68. The molecule has 1 aliphatic carbocycles. The molecule has 0 spiro atoms. The zero-order chi connectivity index (χ0) is 19.7. The number of carbonyl (C=O) groups excluding carboxylic acids is 1. The van der Waals surface area contributed by atoms with Gasteiger partial charge in [-0.25, -0.2) is 4.99 Å². The smallest absolute Gasteiger partial charge is 0.267 e. The number of para-hydroxylation sites is 1. The number of phenols is 1. The second-order valence-electron chi connectivity index (χ2n) is 6.79. The van der Waals surface area contributed by atoms with Gasteiger partial charge in [0.2, 0.25) is 0 Å². The van der Waals surface area contributed by atoms with Crippen molar-refractivity contribution in [2.75, 3.05) is 0 Å². The third kappa shape index (κ3) is 4.07. The molecule has 2 fully saturated rings. The molecule has 2 aromatic rings. The van der Waals surface area contributed by atoms with Crippen molar-refractivity contribution in [3.05, 3.63) is 61.9 Å². The molecule has 7 heteroatoms. The Morgan fingerprint density at radius 3 is 2.39 bits per heavy atom. The molecule has 2 aromatic carbocycles. The van der Waals surface area contributed by atoms with E-state index in [1.54, 1.807) is 12.1 Å². The Morgan fingerprint density at radius 1 is 1.11 bits per heavy atom. The van der Waals surface area contributed by atoms with Gasteiger partial charge < -0.3 is 5.11 Å². The maximum atomic E-state index is 13.2. The van der Waals surface area contributed by atoms with Crippen LogP contribution in [0, 0.1) is 0 Å². The van der Waals surface area contributed by atoms with Gasteiger partial charge >= 0.3 is 0 Å². The highest BCUT2D eigenvalue weighted by Gasteiger charge is 2.39. The Hall–Kier alpha value is -1.57. The largest absolute Gasteiger partial charge is 0.506 e. The highest BCUT2D eigenvalue weighted by Crippen LogP contribution is 2.40. The molecule has 4 nitrogen and oxygen atoms in total. The minimum absolute atomic E-state index is 0.00639. The van der Waals surface area contributed by atoms with Crippen molar-refractivity contribution >= 4 is 66.5 Å². The van der Waals surface area contributed by atoms with Gasteiger partial charge in [0.1, 0.15) is 5.75 Å². The third-order valence-corrected chi connectivity index (χ3v) is 7.04. The Balaban J connectivity index is 1.72. The minimum Gasteiger partial charge on any atom is -0.506 e. The lowest BCUT2D eigenvalue weighted by Gasteiger charge is -2.22. The Labute approximate surface area is 185 Å². The number of amides is 1. The number of rotatable bonds is 3. The number of amidine groups is 1. The summed E-state index contributed by atoms with van der Waals surface area (Å²) in [5.74, 6) is 0.151. The predicted octanol–water partition coefficient (Wildman–Crippen LogP) is 6.46. The fourth-order valence-corrected chi connectivity index (χ4v) is 5.76. The van der Waals surface area contributed by atoms with Gasteiger partial charge in [0.15, 0.2) is 5.17 Å². The first-order chi connectivity index (χ1) is 13.5. The molecule has 1 heterocycles. The minimum atomic E-state index is 0.00639. The van der Waals surface area contributed by atoms with Crippen molar-refractivity contribution in [2.45, 2.75) is 31.7 Å². The van der Waals surface area contributed by atoms with Crippen molar-refractivity contribution in [3.63, 3.8) is 0 Å². The van der Waals surface area contributed by atoms with E-state index in [1.807, 2.05) is 41.3 Å². The van der Waals surface area contributed by atoms with E-state index in [4.69, 9.17) is 4.99 Å². The van der Waals surface area contributed by atoms with E-state index in [2.05, 4.69) is 31.9 Å². The van der Waals surface area contributed by atoms with E-state index >= 15 is 0 Å². The zero-order valence-corrected chi connectivity index (χ0v) is 18.9. The van der Waals surface area contributed by atoms with E-state index < -0.39 is 0 Å². The standard InChI is InChI=1S/C21H18Br2N2O2S/c22-16-10-13(11-17(23)19(16)26)12-18-20(27)25(15-8-4-5-9-15)21(28-18)24-14-6-2-1-3-7-14/h1-3,6-7,10-12,15,26H,4-5,8-9H2. The molecule has 28 heavy (non-hydrogen) atoms. The molecule has 144 valence electrons. The summed E-state index contributed by atoms with van der Waals surface area (Å²) in [5, 5.41) is 10.7. The maximum absolute atomic E-state index is 13.2. The van der Waals surface area contributed by atoms with Crippen LogP contribution in [-0.4, -0.2) is 27.1 Å². The van der Waals surface area contributed by atoms with Crippen LogP contribution >= 0.6 is 43.6 Å². The Kier molecular flexibility index (Phi) is 5.94. The van der Waals surface area contributed by atoms with Crippen molar-refractivity contribution < 1.29 is 9.90 Å². The summed E-state index contributed by atoms with van der Waals surface area (Å²) in [7, 11) is 0. The normalized spacial score (nSPS) is 20.6. The fourth-order valence-electron chi connectivity index (χ4n) is 3.48. The quantitative estimate of drug-likeness (QED) is 0.471. The highest BCUT2D eigenvalue weighted by atomic mass is 79.9. The first kappa shape index (κ1) is 19.7. The number of nitrogens with zero attached hydrogens (tertiary/aromatic N) is 2. The SMILES string of the molecule is O=C1C(=Cc2cc(Br)c(O)c(Br)c2)SC(=Nc2ccccc2)N1C1CCCC1. The monoisotopic (exact) mass is 520 g/mol. The van der Waals surface area contributed by atoms with Crippen molar-refractivity contribution in [2.24, 2.45) is 4.99 Å². The van der Waals surface area contributed by atoms with Crippen LogP contribution in [0.4, 0.5) is 5.69 Å². The molecule has 2 aliphatic rings. The van der Waals surface area contributed by atoms with Gasteiger partial charge in [0.05, 0.1) is 19.5 Å². The molecule has 0 atom stereocenters. The fraction of sp³-hybridized carbons (Fsp3) is 0.238. The predicted molar refractivity (Wildman–Crippen MR) is 122 cm³/mol. The lowest BCUT2D eigenvalue weighted by Crippen LogP contribution is -2.37. The number of halogens is 2. The molecular weight excluding hydrogens is 504 g/mol. The summed E-state index contributed by atoms with van der Waals surface area (Å²) >= 11 is 8.11. The maximum Gasteiger partial charge on any atom is 0.267 e. The number of aromatic hydroxyl groups is 1. The first-order valence-electron chi connectivity index (χ1n) is 9.08. The number of carbonyl (C=O) groups is 1. The molecule has 0 aromatic heterocycles. The molecule has 0 bridgehead atoms. The van der Waals surface area contributed by atoms with Crippen LogP contribution < -0.4 is 0 Å². The van der Waals surface area contributed by atoms with E-state index in [0.717, 1.165) is 42.1 Å². The summed E-state index contributed by atoms with van der Waals surface area (Å²) < 4.78 is 1.16. The highest BCUT2D eigenvalue weighted by molar-refractivity contribution is 9.11.